The van der Waals surface area contributed by atoms with Gasteiger partial charge in [0.05, 0.1) is 5.69 Å². The fourth-order valence-corrected chi connectivity index (χ4v) is 3.11. The molecule has 0 spiro atoms. The van der Waals surface area contributed by atoms with Crippen LogP contribution in [0.4, 0.5) is 5.69 Å². The van der Waals surface area contributed by atoms with E-state index in [9.17, 15) is 4.79 Å². The third kappa shape index (κ3) is 1.54. The quantitative estimate of drug-likeness (QED) is 0.849. The minimum absolute atomic E-state index is 0.130. The highest BCUT2D eigenvalue weighted by Crippen LogP contribution is 2.47. The first-order valence-corrected chi connectivity index (χ1v) is 6.68. The number of hydrogen-bond donors (Lipinski definition) is 0. The van der Waals surface area contributed by atoms with E-state index in [1.807, 2.05) is 42.5 Å². The Morgan fingerprint density at radius 3 is 2.30 bits per heavy atom. The average molecular weight is 288 g/mol. The Balaban J connectivity index is 2.34. The molecule has 1 atom stereocenters. The van der Waals surface area contributed by atoms with Gasteiger partial charge in [0.1, 0.15) is 0 Å². The number of likely N-dealkylation sites (N-methyl/N-ethyl adjacent to an activating group) is 1. The van der Waals surface area contributed by atoms with Gasteiger partial charge in [-0.25, -0.2) is 0 Å². The molecule has 0 aromatic heterocycles. The molecule has 0 fully saturated rings. The number of methoxy groups -OCH3 is 1. The van der Waals surface area contributed by atoms with Crippen molar-refractivity contribution in [3.05, 3.63) is 64.7 Å². The van der Waals surface area contributed by atoms with E-state index in [0.29, 0.717) is 10.6 Å². The van der Waals surface area contributed by atoms with Crippen molar-refractivity contribution in [2.45, 2.75) is 5.60 Å². The molecule has 102 valence electrons. The molecule has 3 rings (SSSR count). The second-order valence-corrected chi connectivity index (χ2v) is 5.15. The minimum Gasteiger partial charge on any atom is -0.359 e. The maximum atomic E-state index is 12.8. The van der Waals surface area contributed by atoms with Gasteiger partial charge in [0.15, 0.2) is 5.60 Å². The number of rotatable bonds is 2. The molecule has 0 aliphatic carbocycles. The number of para-hydroxylation sites is 1. The van der Waals surface area contributed by atoms with Crippen molar-refractivity contribution >= 4 is 23.2 Å². The van der Waals surface area contributed by atoms with Crippen molar-refractivity contribution in [2.75, 3.05) is 19.1 Å². The summed E-state index contributed by atoms with van der Waals surface area (Å²) in [4.78, 5) is 14.4. The standard InChI is InChI=1S/C16H14ClNO2/c1-18-14-10-6-4-8-12(14)16(20-2,15(18)19)11-7-3-5-9-13(11)17/h3-10H,1-2H3. The highest BCUT2D eigenvalue weighted by atomic mass is 35.5. The van der Waals surface area contributed by atoms with Crippen LogP contribution in [0, 0.1) is 0 Å². The van der Waals surface area contributed by atoms with Crippen molar-refractivity contribution in [1.29, 1.82) is 0 Å². The number of carbonyl (C=O) groups excluding carboxylic acids is 1. The topological polar surface area (TPSA) is 29.5 Å². The molecule has 4 heteroatoms. The lowest BCUT2D eigenvalue weighted by atomic mass is 9.87. The second-order valence-electron chi connectivity index (χ2n) is 4.75. The normalized spacial score (nSPS) is 21.1. The second kappa shape index (κ2) is 4.62. The third-order valence-corrected chi connectivity index (χ3v) is 4.14. The number of nitrogens with zero attached hydrogens (tertiary/aromatic N) is 1. The molecule has 1 aliphatic heterocycles. The van der Waals surface area contributed by atoms with Gasteiger partial charge in [0.25, 0.3) is 5.91 Å². The van der Waals surface area contributed by atoms with E-state index in [2.05, 4.69) is 0 Å². The van der Waals surface area contributed by atoms with Gasteiger partial charge in [0.2, 0.25) is 0 Å². The summed E-state index contributed by atoms with van der Waals surface area (Å²) >= 11 is 6.30. The summed E-state index contributed by atoms with van der Waals surface area (Å²) in [5.74, 6) is -0.130. The summed E-state index contributed by atoms with van der Waals surface area (Å²) in [7, 11) is 3.29. The summed E-state index contributed by atoms with van der Waals surface area (Å²) in [5, 5.41) is 0.521. The molecule has 1 heterocycles. The molecule has 0 saturated carbocycles. The lowest BCUT2D eigenvalue weighted by molar-refractivity contribution is -0.134. The van der Waals surface area contributed by atoms with Crippen LogP contribution < -0.4 is 4.90 Å². The lowest BCUT2D eigenvalue weighted by Gasteiger charge is -2.28. The van der Waals surface area contributed by atoms with E-state index in [1.54, 1.807) is 18.0 Å². The van der Waals surface area contributed by atoms with Crippen LogP contribution >= 0.6 is 11.6 Å². The predicted molar refractivity (Wildman–Crippen MR) is 79.1 cm³/mol. The first-order chi connectivity index (χ1) is 9.63. The Labute approximate surface area is 122 Å². The Hall–Kier alpha value is -1.84. The largest absolute Gasteiger partial charge is 0.359 e. The molecule has 1 aliphatic rings. The van der Waals surface area contributed by atoms with Gasteiger partial charge in [-0.2, -0.15) is 0 Å². The van der Waals surface area contributed by atoms with E-state index in [4.69, 9.17) is 16.3 Å². The number of anilines is 1. The van der Waals surface area contributed by atoms with Crippen LogP contribution in [0.2, 0.25) is 5.02 Å². The summed E-state index contributed by atoms with van der Waals surface area (Å²) in [6.45, 7) is 0. The Bertz CT molecular complexity index is 686. The predicted octanol–water partition coefficient (Wildman–Crippen LogP) is 3.21. The zero-order valence-electron chi connectivity index (χ0n) is 11.3. The van der Waals surface area contributed by atoms with Crippen molar-refractivity contribution in [3.8, 4) is 0 Å². The summed E-state index contributed by atoms with van der Waals surface area (Å²) < 4.78 is 5.70. The maximum absolute atomic E-state index is 12.8. The number of benzene rings is 2. The number of fused-ring (bicyclic) bond motifs is 1. The molecular weight excluding hydrogens is 274 g/mol. The van der Waals surface area contributed by atoms with Crippen LogP contribution in [0.1, 0.15) is 11.1 Å². The van der Waals surface area contributed by atoms with Gasteiger partial charge in [-0.3, -0.25) is 4.79 Å². The first-order valence-electron chi connectivity index (χ1n) is 6.30. The van der Waals surface area contributed by atoms with Crippen LogP contribution in [0.5, 0.6) is 0 Å². The van der Waals surface area contributed by atoms with Gasteiger partial charge in [-0.05, 0) is 12.1 Å². The summed E-state index contributed by atoms with van der Waals surface area (Å²) in [5.41, 5.74) is 1.18. The Morgan fingerprint density at radius 2 is 1.65 bits per heavy atom. The zero-order chi connectivity index (χ0) is 14.3. The molecule has 0 saturated heterocycles. The summed E-state index contributed by atoms with van der Waals surface area (Å²) in [6.07, 6.45) is 0. The van der Waals surface area contributed by atoms with Crippen LogP contribution in [-0.4, -0.2) is 20.1 Å². The molecule has 2 aromatic carbocycles. The van der Waals surface area contributed by atoms with Gasteiger partial charge in [-0.1, -0.05) is 48.0 Å². The number of amides is 1. The van der Waals surface area contributed by atoms with Gasteiger partial charge >= 0.3 is 0 Å². The van der Waals surface area contributed by atoms with Crippen LogP contribution in [-0.2, 0) is 15.1 Å². The first kappa shape index (κ1) is 13.2. The number of hydrogen-bond acceptors (Lipinski definition) is 2. The van der Waals surface area contributed by atoms with Crippen LogP contribution in [0.15, 0.2) is 48.5 Å². The van der Waals surface area contributed by atoms with E-state index >= 15 is 0 Å². The zero-order valence-corrected chi connectivity index (χ0v) is 12.0. The van der Waals surface area contributed by atoms with E-state index in [-0.39, 0.29) is 5.91 Å². The number of halogens is 1. The van der Waals surface area contributed by atoms with E-state index < -0.39 is 5.60 Å². The van der Waals surface area contributed by atoms with Crippen LogP contribution in [0.25, 0.3) is 0 Å². The molecule has 0 radical (unpaired) electrons. The molecule has 2 aromatic rings. The molecule has 3 nitrogen and oxygen atoms in total. The highest BCUT2D eigenvalue weighted by Gasteiger charge is 2.52. The van der Waals surface area contributed by atoms with Gasteiger partial charge in [-0.15, -0.1) is 0 Å². The highest BCUT2D eigenvalue weighted by molar-refractivity contribution is 6.32. The number of carbonyl (C=O) groups is 1. The number of ether oxygens (including phenoxy) is 1. The third-order valence-electron chi connectivity index (χ3n) is 3.81. The lowest BCUT2D eigenvalue weighted by Crippen LogP contribution is -2.41. The Morgan fingerprint density at radius 1 is 1.05 bits per heavy atom. The monoisotopic (exact) mass is 287 g/mol. The molecule has 0 N–H and O–H groups in total. The Kier molecular flexibility index (Phi) is 3.04. The summed E-state index contributed by atoms with van der Waals surface area (Å²) in [6, 6.07) is 14.9. The van der Waals surface area contributed by atoms with Crippen molar-refractivity contribution in [2.24, 2.45) is 0 Å². The van der Waals surface area contributed by atoms with Gasteiger partial charge in [0, 0.05) is 30.3 Å². The molecule has 1 unspecified atom stereocenters. The van der Waals surface area contributed by atoms with E-state index in [0.717, 1.165) is 11.3 Å². The van der Waals surface area contributed by atoms with Crippen molar-refractivity contribution < 1.29 is 9.53 Å². The molecular formula is C16H14ClNO2. The molecule has 1 amide bonds. The van der Waals surface area contributed by atoms with Crippen molar-refractivity contribution in [3.63, 3.8) is 0 Å². The SMILES string of the molecule is COC1(c2ccccc2Cl)C(=O)N(C)c2ccccc21. The average Bonchev–Trinajstić information content (AvgIpc) is 2.70. The minimum atomic E-state index is -1.16. The fourth-order valence-electron chi connectivity index (χ4n) is 2.84. The molecule has 0 bridgehead atoms. The van der Waals surface area contributed by atoms with Crippen molar-refractivity contribution in [1.82, 2.24) is 0 Å². The molecule has 20 heavy (non-hydrogen) atoms. The fraction of sp³-hybridized carbons (Fsp3) is 0.188. The van der Waals surface area contributed by atoms with Gasteiger partial charge < -0.3 is 9.64 Å². The van der Waals surface area contributed by atoms with E-state index in [1.165, 1.54) is 7.11 Å². The maximum Gasteiger partial charge on any atom is 0.268 e. The van der Waals surface area contributed by atoms with Crippen LogP contribution in [0.3, 0.4) is 0 Å². The smallest absolute Gasteiger partial charge is 0.268 e.